The first kappa shape index (κ1) is 19.2. The molecule has 0 aliphatic carbocycles. The largest absolute Gasteiger partial charge is 0.383 e. The Bertz CT molecular complexity index is 1130. The number of nitrogens with two attached hydrogens (primary N) is 1. The molecule has 0 atom stereocenters. The Balaban J connectivity index is 2.06. The number of hydrogen-bond donors (Lipinski definition) is 2. The molecular formula is C21H22N4O3. The van der Waals surface area contributed by atoms with Gasteiger partial charge in [0.2, 0.25) is 0 Å². The third-order valence-electron chi connectivity index (χ3n) is 4.51. The van der Waals surface area contributed by atoms with Gasteiger partial charge in [-0.15, -0.1) is 0 Å². The summed E-state index contributed by atoms with van der Waals surface area (Å²) in [5.41, 5.74) is 7.94. The SMILES string of the molecule is Cc1cc(C)cc(C(=O)N(C)c2c(N)n(Cc3ccccc3)c(=O)[nH]c2=O)c1. The highest BCUT2D eigenvalue weighted by Crippen LogP contribution is 2.19. The second kappa shape index (κ2) is 7.56. The molecule has 7 nitrogen and oxygen atoms in total. The van der Waals surface area contributed by atoms with Crippen molar-refractivity contribution in [3.63, 3.8) is 0 Å². The monoisotopic (exact) mass is 378 g/mol. The molecule has 0 aliphatic heterocycles. The average Bonchev–Trinajstić information content (AvgIpc) is 2.64. The molecule has 3 N–H and O–H groups in total. The fourth-order valence-electron chi connectivity index (χ4n) is 3.22. The lowest BCUT2D eigenvalue weighted by molar-refractivity contribution is 0.0992. The number of H-pyrrole nitrogens is 1. The third-order valence-corrected chi connectivity index (χ3v) is 4.51. The molecule has 0 unspecified atom stereocenters. The summed E-state index contributed by atoms with van der Waals surface area (Å²) in [6, 6.07) is 14.7. The van der Waals surface area contributed by atoms with Crippen LogP contribution in [0.15, 0.2) is 58.1 Å². The molecule has 3 rings (SSSR count). The minimum absolute atomic E-state index is 0.0558. The number of anilines is 2. The molecule has 1 aromatic heterocycles. The summed E-state index contributed by atoms with van der Waals surface area (Å²) in [6.07, 6.45) is 0. The van der Waals surface area contributed by atoms with Gasteiger partial charge >= 0.3 is 5.69 Å². The van der Waals surface area contributed by atoms with Crippen molar-refractivity contribution in [2.45, 2.75) is 20.4 Å². The Labute approximate surface area is 162 Å². The van der Waals surface area contributed by atoms with Gasteiger partial charge in [-0.1, -0.05) is 47.5 Å². The topological polar surface area (TPSA) is 101 Å². The maximum absolute atomic E-state index is 12.9. The van der Waals surface area contributed by atoms with Crippen molar-refractivity contribution in [3.05, 3.63) is 91.6 Å². The Morgan fingerprint density at radius 1 is 1.07 bits per heavy atom. The highest BCUT2D eigenvalue weighted by Gasteiger charge is 2.22. The molecule has 0 bridgehead atoms. The molecule has 28 heavy (non-hydrogen) atoms. The Morgan fingerprint density at radius 3 is 2.29 bits per heavy atom. The van der Waals surface area contributed by atoms with Crippen molar-refractivity contribution in [2.24, 2.45) is 0 Å². The van der Waals surface area contributed by atoms with E-state index in [1.165, 1.54) is 16.5 Å². The van der Waals surface area contributed by atoms with Crippen molar-refractivity contribution >= 4 is 17.4 Å². The zero-order valence-corrected chi connectivity index (χ0v) is 16.0. The summed E-state index contributed by atoms with van der Waals surface area (Å²) >= 11 is 0. The molecule has 0 fully saturated rings. The lowest BCUT2D eigenvalue weighted by atomic mass is 10.1. The first-order chi connectivity index (χ1) is 13.3. The second-order valence-electron chi connectivity index (χ2n) is 6.81. The number of rotatable bonds is 4. The standard InChI is InChI=1S/C21H22N4O3/c1-13-9-14(2)11-16(10-13)20(27)24(3)17-18(22)25(21(28)23-19(17)26)12-15-7-5-4-6-8-15/h4-11H,12,22H2,1-3H3,(H,23,26,28). The van der Waals surface area contributed by atoms with Gasteiger partial charge < -0.3 is 10.6 Å². The van der Waals surface area contributed by atoms with Gasteiger partial charge in [0.05, 0.1) is 6.54 Å². The number of aromatic amines is 1. The summed E-state index contributed by atoms with van der Waals surface area (Å²) in [5.74, 6) is -0.438. The van der Waals surface area contributed by atoms with Gasteiger partial charge in [0.15, 0.2) is 5.69 Å². The maximum atomic E-state index is 12.9. The van der Waals surface area contributed by atoms with Crippen molar-refractivity contribution in [3.8, 4) is 0 Å². The first-order valence-electron chi connectivity index (χ1n) is 8.81. The van der Waals surface area contributed by atoms with Crippen LogP contribution in [0, 0.1) is 13.8 Å². The van der Waals surface area contributed by atoms with Crippen LogP contribution < -0.4 is 21.9 Å². The van der Waals surface area contributed by atoms with Crippen LogP contribution in [-0.2, 0) is 6.54 Å². The number of hydrogen-bond acceptors (Lipinski definition) is 4. The number of benzene rings is 2. The molecule has 2 aromatic carbocycles. The lowest BCUT2D eigenvalue weighted by Crippen LogP contribution is -2.39. The van der Waals surface area contributed by atoms with Crippen molar-refractivity contribution < 1.29 is 4.79 Å². The molecule has 0 spiro atoms. The molecule has 0 saturated heterocycles. The fraction of sp³-hybridized carbons (Fsp3) is 0.190. The van der Waals surface area contributed by atoms with Gasteiger partial charge in [-0.05, 0) is 31.5 Å². The van der Waals surface area contributed by atoms with E-state index in [0.717, 1.165) is 16.7 Å². The third kappa shape index (κ3) is 3.73. The Hall–Kier alpha value is -3.61. The molecular weight excluding hydrogens is 356 g/mol. The zero-order valence-electron chi connectivity index (χ0n) is 16.0. The van der Waals surface area contributed by atoms with Crippen LogP contribution in [-0.4, -0.2) is 22.5 Å². The molecule has 7 heteroatoms. The van der Waals surface area contributed by atoms with Gasteiger partial charge in [0, 0.05) is 12.6 Å². The smallest absolute Gasteiger partial charge is 0.330 e. The summed E-state index contributed by atoms with van der Waals surface area (Å²) in [5, 5.41) is 0. The average molecular weight is 378 g/mol. The number of nitrogen functional groups attached to an aromatic ring is 1. The Morgan fingerprint density at radius 2 is 1.68 bits per heavy atom. The number of aromatic nitrogens is 2. The van der Waals surface area contributed by atoms with Crippen LogP contribution in [0.25, 0.3) is 0 Å². The Kier molecular flexibility index (Phi) is 5.17. The number of aryl methyl sites for hydroxylation is 2. The molecule has 3 aromatic rings. The number of carbonyl (C=O) groups excluding carboxylic acids is 1. The molecule has 0 aliphatic rings. The lowest BCUT2D eigenvalue weighted by Gasteiger charge is -2.21. The summed E-state index contributed by atoms with van der Waals surface area (Å²) in [6.45, 7) is 3.97. The normalized spacial score (nSPS) is 10.7. The van der Waals surface area contributed by atoms with Crippen LogP contribution in [0.1, 0.15) is 27.0 Å². The van der Waals surface area contributed by atoms with Crippen LogP contribution in [0.4, 0.5) is 11.5 Å². The minimum atomic E-state index is -0.702. The van der Waals surface area contributed by atoms with Gasteiger partial charge in [-0.3, -0.25) is 19.1 Å². The van der Waals surface area contributed by atoms with Gasteiger partial charge in [-0.2, -0.15) is 0 Å². The van der Waals surface area contributed by atoms with E-state index in [9.17, 15) is 14.4 Å². The van der Waals surface area contributed by atoms with Crippen LogP contribution in [0.2, 0.25) is 0 Å². The van der Waals surface area contributed by atoms with E-state index in [-0.39, 0.29) is 24.0 Å². The van der Waals surface area contributed by atoms with E-state index in [1.54, 1.807) is 12.1 Å². The molecule has 0 radical (unpaired) electrons. The van der Waals surface area contributed by atoms with E-state index >= 15 is 0 Å². The van der Waals surface area contributed by atoms with Gasteiger partial charge in [-0.25, -0.2) is 4.79 Å². The highest BCUT2D eigenvalue weighted by molar-refractivity contribution is 6.07. The quantitative estimate of drug-likeness (QED) is 0.725. The zero-order chi connectivity index (χ0) is 20.4. The predicted octanol–water partition coefficient (Wildman–Crippen LogP) is 2.06. The molecule has 0 saturated carbocycles. The minimum Gasteiger partial charge on any atom is -0.383 e. The number of carbonyl (C=O) groups is 1. The van der Waals surface area contributed by atoms with E-state index in [2.05, 4.69) is 4.98 Å². The molecule has 1 heterocycles. The summed E-state index contributed by atoms with van der Waals surface area (Å²) in [4.78, 5) is 41.1. The summed E-state index contributed by atoms with van der Waals surface area (Å²) < 4.78 is 1.25. The van der Waals surface area contributed by atoms with Gasteiger partial charge in [0.25, 0.3) is 11.5 Å². The van der Waals surface area contributed by atoms with E-state index in [4.69, 9.17) is 5.73 Å². The van der Waals surface area contributed by atoms with Crippen LogP contribution >= 0.6 is 0 Å². The second-order valence-corrected chi connectivity index (χ2v) is 6.81. The maximum Gasteiger partial charge on any atom is 0.330 e. The molecule has 144 valence electrons. The summed E-state index contributed by atoms with van der Waals surface area (Å²) in [7, 11) is 1.47. The van der Waals surface area contributed by atoms with Crippen LogP contribution in [0.5, 0.6) is 0 Å². The molecule has 1 amide bonds. The first-order valence-corrected chi connectivity index (χ1v) is 8.81. The van der Waals surface area contributed by atoms with E-state index in [1.807, 2.05) is 50.2 Å². The number of nitrogens with one attached hydrogen (secondary N) is 1. The van der Waals surface area contributed by atoms with Crippen molar-refractivity contribution in [1.82, 2.24) is 9.55 Å². The van der Waals surface area contributed by atoms with Crippen LogP contribution in [0.3, 0.4) is 0 Å². The van der Waals surface area contributed by atoms with Crippen molar-refractivity contribution in [2.75, 3.05) is 17.7 Å². The fourth-order valence-corrected chi connectivity index (χ4v) is 3.22. The predicted molar refractivity (Wildman–Crippen MR) is 110 cm³/mol. The van der Waals surface area contributed by atoms with Crippen molar-refractivity contribution in [1.29, 1.82) is 0 Å². The van der Waals surface area contributed by atoms with E-state index in [0.29, 0.717) is 5.56 Å². The number of amides is 1. The van der Waals surface area contributed by atoms with Gasteiger partial charge in [0.1, 0.15) is 5.82 Å². The van der Waals surface area contributed by atoms with E-state index < -0.39 is 11.2 Å². The highest BCUT2D eigenvalue weighted by atomic mass is 16.2. The number of nitrogens with zero attached hydrogens (tertiary/aromatic N) is 2.